The topological polar surface area (TPSA) is 93.3 Å². The summed E-state index contributed by atoms with van der Waals surface area (Å²) in [6, 6.07) is 4.58. The lowest BCUT2D eigenvalue weighted by molar-refractivity contribution is 0.0940. The summed E-state index contributed by atoms with van der Waals surface area (Å²) < 4.78 is 16.9. The molecule has 0 radical (unpaired) electrons. The number of nitrogens with zero attached hydrogens (tertiary/aromatic N) is 2. The Morgan fingerprint density at radius 2 is 1.96 bits per heavy atom. The maximum atomic E-state index is 14.2. The maximum absolute atomic E-state index is 14.2. The van der Waals surface area contributed by atoms with Crippen molar-refractivity contribution in [2.75, 3.05) is 13.2 Å². The molecule has 0 atom stereocenters. The van der Waals surface area contributed by atoms with Crippen molar-refractivity contribution in [2.45, 2.75) is 6.42 Å². The zero-order valence-electron chi connectivity index (χ0n) is 13.7. The SMILES string of the molecule is Cn1c(Cc2ccc(I)cc2F)c(C(=O)NCCO)c(=O)n(C)c1=O. The third-order valence-corrected chi connectivity index (χ3v) is 4.45. The normalized spacial score (nSPS) is 10.8. The van der Waals surface area contributed by atoms with Gasteiger partial charge < -0.3 is 10.4 Å². The molecule has 0 saturated carbocycles. The van der Waals surface area contributed by atoms with Crippen LogP contribution in [0.25, 0.3) is 0 Å². The molecule has 134 valence electrons. The largest absolute Gasteiger partial charge is 0.395 e. The molecule has 1 aromatic carbocycles. The third kappa shape index (κ3) is 3.98. The Morgan fingerprint density at radius 3 is 2.56 bits per heavy atom. The minimum Gasteiger partial charge on any atom is -0.395 e. The van der Waals surface area contributed by atoms with E-state index >= 15 is 0 Å². The highest BCUT2D eigenvalue weighted by molar-refractivity contribution is 14.1. The first kappa shape index (κ1) is 19.3. The molecular weight excluding hydrogens is 444 g/mol. The van der Waals surface area contributed by atoms with E-state index in [9.17, 15) is 18.8 Å². The van der Waals surface area contributed by atoms with E-state index in [1.54, 1.807) is 12.1 Å². The van der Waals surface area contributed by atoms with Gasteiger partial charge >= 0.3 is 5.69 Å². The Bertz CT molecular complexity index is 936. The molecule has 2 aromatic rings. The summed E-state index contributed by atoms with van der Waals surface area (Å²) in [7, 11) is 2.69. The molecule has 0 fully saturated rings. The first-order chi connectivity index (χ1) is 11.8. The number of aromatic nitrogens is 2. The standard InChI is InChI=1S/C16H17FIN3O4/c1-20-12(7-9-3-4-10(18)8-11(9)17)13(14(23)19-5-6-22)15(24)21(2)16(20)25/h3-4,8,22H,5-7H2,1-2H3,(H,19,23). The van der Waals surface area contributed by atoms with Gasteiger partial charge in [-0.2, -0.15) is 0 Å². The fourth-order valence-electron chi connectivity index (χ4n) is 2.42. The van der Waals surface area contributed by atoms with Gasteiger partial charge in [0, 0.05) is 36.3 Å². The Hall–Kier alpha value is -2.01. The predicted molar refractivity (Wildman–Crippen MR) is 98.3 cm³/mol. The number of aliphatic hydroxyl groups is 1. The van der Waals surface area contributed by atoms with Gasteiger partial charge in [-0.05, 0) is 40.3 Å². The van der Waals surface area contributed by atoms with Crippen LogP contribution < -0.4 is 16.6 Å². The van der Waals surface area contributed by atoms with E-state index in [4.69, 9.17) is 5.11 Å². The number of carbonyl (C=O) groups excluding carboxylic acids is 1. The summed E-state index contributed by atoms with van der Waals surface area (Å²) in [6.45, 7) is -0.332. The van der Waals surface area contributed by atoms with Crippen LogP contribution in [0, 0.1) is 9.39 Å². The van der Waals surface area contributed by atoms with E-state index in [1.807, 2.05) is 22.6 Å². The lowest BCUT2D eigenvalue weighted by atomic mass is 10.0. The molecule has 0 aliphatic rings. The molecule has 9 heteroatoms. The second-order valence-electron chi connectivity index (χ2n) is 5.42. The van der Waals surface area contributed by atoms with Gasteiger partial charge in [0.2, 0.25) is 0 Å². The fourth-order valence-corrected chi connectivity index (χ4v) is 2.88. The van der Waals surface area contributed by atoms with E-state index in [1.165, 1.54) is 20.2 Å². The van der Waals surface area contributed by atoms with Gasteiger partial charge in [-0.1, -0.05) is 6.07 Å². The highest BCUT2D eigenvalue weighted by atomic mass is 127. The molecule has 0 saturated heterocycles. The highest BCUT2D eigenvalue weighted by Gasteiger charge is 2.22. The van der Waals surface area contributed by atoms with Crippen molar-refractivity contribution in [3.8, 4) is 0 Å². The molecule has 0 aliphatic carbocycles. The van der Waals surface area contributed by atoms with Crippen molar-refractivity contribution < 1.29 is 14.3 Å². The number of benzene rings is 1. The first-order valence-electron chi connectivity index (χ1n) is 7.39. The van der Waals surface area contributed by atoms with Crippen molar-refractivity contribution in [1.82, 2.24) is 14.5 Å². The number of aliphatic hydroxyl groups excluding tert-OH is 1. The molecule has 2 rings (SSSR count). The van der Waals surface area contributed by atoms with Crippen molar-refractivity contribution in [3.05, 3.63) is 65.2 Å². The van der Waals surface area contributed by atoms with Crippen LogP contribution in [-0.4, -0.2) is 33.3 Å². The zero-order chi connectivity index (χ0) is 18.7. The van der Waals surface area contributed by atoms with E-state index in [0.717, 1.165) is 9.13 Å². The van der Waals surface area contributed by atoms with Crippen LogP contribution in [0.2, 0.25) is 0 Å². The van der Waals surface area contributed by atoms with Crippen molar-refractivity contribution in [3.63, 3.8) is 0 Å². The molecule has 2 N–H and O–H groups in total. The van der Waals surface area contributed by atoms with Crippen LogP contribution in [0.1, 0.15) is 21.6 Å². The van der Waals surface area contributed by atoms with Crippen LogP contribution in [0.3, 0.4) is 0 Å². The van der Waals surface area contributed by atoms with Crippen molar-refractivity contribution in [2.24, 2.45) is 14.1 Å². The van der Waals surface area contributed by atoms with Gasteiger partial charge in [0.25, 0.3) is 11.5 Å². The second-order valence-corrected chi connectivity index (χ2v) is 6.67. The van der Waals surface area contributed by atoms with Gasteiger partial charge in [-0.25, -0.2) is 9.18 Å². The number of rotatable bonds is 5. The average molecular weight is 461 g/mol. The molecule has 1 amide bonds. The average Bonchev–Trinajstić information content (AvgIpc) is 2.57. The van der Waals surface area contributed by atoms with Gasteiger partial charge in [-0.3, -0.25) is 18.7 Å². The summed E-state index contributed by atoms with van der Waals surface area (Å²) in [6.07, 6.45) is -0.0908. The smallest absolute Gasteiger partial charge is 0.330 e. The second kappa shape index (κ2) is 7.91. The fraction of sp³-hybridized carbons (Fsp3) is 0.312. The van der Waals surface area contributed by atoms with E-state index in [2.05, 4.69) is 5.32 Å². The van der Waals surface area contributed by atoms with Crippen LogP contribution in [-0.2, 0) is 20.5 Å². The van der Waals surface area contributed by atoms with Gasteiger partial charge in [0.15, 0.2) is 0 Å². The number of halogens is 2. The monoisotopic (exact) mass is 461 g/mol. The highest BCUT2D eigenvalue weighted by Crippen LogP contribution is 2.17. The number of nitrogens with one attached hydrogen (secondary N) is 1. The van der Waals surface area contributed by atoms with Gasteiger partial charge in [-0.15, -0.1) is 0 Å². The third-order valence-electron chi connectivity index (χ3n) is 3.78. The van der Waals surface area contributed by atoms with Crippen molar-refractivity contribution in [1.29, 1.82) is 0 Å². The quantitative estimate of drug-likeness (QED) is 0.620. The molecule has 0 unspecified atom stereocenters. The molecule has 0 spiro atoms. The van der Waals surface area contributed by atoms with Crippen LogP contribution in [0.15, 0.2) is 27.8 Å². The van der Waals surface area contributed by atoms with E-state index in [-0.39, 0.29) is 36.4 Å². The molecule has 1 heterocycles. The number of carbonyl (C=O) groups is 1. The summed E-state index contributed by atoms with van der Waals surface area (Å²) >= 11 is 1.97. The number of hydrogen-bond donors (Lipinski definition) is 2. The predicted octanol–water partition coefficient (Wildman–Crippen LogP) is 0.141. The summed E-state index contributed by atoms with van der Waals surface area (Å²) in [4.78, 5) is 37.0. The van der Waals surface area contributed by atoms with Gasteiger partial charge in [0.1, 0.15) is 11.4 Å². The maximum Gasteiger partial charge on any atom is 0.330 e. The Morgan fingerprint density at radius 1 is 1.28 bits per heavy atom. The lowest BCUT2D eigenvalue weighted by Crippen LogP contribution is -2.45. The summed E-state index contributed by atoms with van der Waals surface area (Å²) in [5.41, 5.74) is -1.23. The Labute approximate surface area is 156 Å². The molecule has 7 nitrogen and oxygen atoms in total. The van der Waals surface area contributed by atoms with Crippen LogP contribution in [0.5, 0.6) is 0 Å². The van der Waals surface area contributed by atoms with E-state index < -0.39 is 23.0 Å². The Kier molecular flexibility index (Phi) is 6.11. The molecular formula is C16H17FIN3O4. The van der Waals surface area contributed by atoms with Gasteiger partial charge in [0.05, 0.1) is 6.61 Å². The Balaban J connectivity index is 2.64. The minimum absolute atomic E-state index is 0.0395. The lowest BCUT2D eigenvalue weighted by Gasteiger charge is -2.15. The zero-order valence-corrected chi connectivity index (χ0v) is 15.8. The van der Waals surface area contributed by atoms with E-state index in [0.29, 0.717) is 3.57 Å². The van der Waals surface area contributed by atoms with Crippen LogP contribution >= 0.6 is 22.6 Å². The van der Waals surface area contributed by atoms with Crippen molar-refractivity contribution >= 4 is 28.5 Å². The molecule has 25 heavy (non-hydrogen) atoms. The minimum atomic E-state index is -0.764. The van der Waals surface area contributed by atoms with Crippen LogP contribution in [0.4, 0.5) is 4.39 Å². The molecule has 1 aromatic heterocycles. The summed E-state index contributed by atoms with van der Waals surface area (Å²) in [5, 5.41) is 11.2. The molecule has 0 bridgehead atoms. The molecule has 0 aliphatic heterocycles. The summed E-state index contributed by atoms with van der Waals surface area (Å²) in [5.74, 6) is -1.20. The number of hydrogen-bond acceptors (Lipinski definition) is 4. The number of amides is 1. The first-order valence-corrected chi connectivity index (χ1v) is 8.47.